The van der Waals surface area contributed by atoms with Gasteiger partial charge in [0.2, 0.25) is 0 Å². The summed E-state index contributed by atoms with van der Waals surface area (Å²) in [4.78, 5) is 15.4. The number of rotatable bonds is 5. The third kappa shape index (κ3) is 4.91. The standard InChI is InChI=1S/C43H29N3O/c1-3-12-30(13-4-1)35-25-26-38-39(36-17-9-10-18-37(36)47-38)40(35)43-45-41(31-14-5-2-6-15-31)44-42(46-43)32-22-19-29(20-23-32)34-24-21-28-11-7-8-16-33(28)27-34/h1-28,33H. The van der Waals surface area contributed by atoms with Crippen LogP contribution in [0.5, 0.6) is 0 Å². The van der Waals surface area contributed by atoms with Crippen molar-refractivity contribution in [2.45, 2.75) is 0 Å². The fraction of sp³-hybridized carbons (Fsp3) is 0.0465. The molecule has 2 aliphatic carbocycles. The van der Waals surface area contributed by atoms with E-state index >= 15 is 0 Å². The van der Waals surface area contributed by atoms with Gasteiger partial charge in [0.1, 0.15) is 11.2 Å². The van der Waals surface area contributed by atoms with E-state index in [9.17, 15) is 0 Å². The predicted molar refractivity (Wildman–Crippen MR) is 191 cm³/mol. The topological polar surface area (TPSA) is 51.8 Å². The number of fused-ring (bicyclic) bond motifs is 4. The van der Waals surface area contributed by atoms with Crippen LogP contribution in [0.1, 0.15) is 5.56 Å². The van der Waals surface area contributed by atoms with Gasteiger partial charge in [-0.15, -0.1) is 0 Å². The highest BCUT2D eigenvalue weighted by atomic mass is 16.3. The van der Waals surface area contributed by atoms with Crippen molar-refractivity contribution >= 4 is 27.5 Å². The Hall–Kier alpha value is -6.13. The number of hydrogen-bond donors (Lipinski definition) is 0. The van der Waals surface area contributed by atoms with Crippen LogP contribution in [0.2, 0.25) is 0 Å². The zero-order chi connectivity index (χ0) is 31.2. The third-order valence-electron chi connectivity index (χ3n) is 9.09. The summed E-state index contributed by atoms with van der Waals surface area (Å²) in [6, 6.07) is 41.4. The minimum atomic E-state index is 0.389. The summed E-state index contributed by atoms with van der Waals surface area (Å²) in [5.74, 6) is 2.67. The van der Waals surface area contributed by atoms with E-state index in [4.69, 9.17) is 19.4 Å². The molecule has 47 heavy (non-hydrogen) atoms. The van der Waals surface area contributed by atoms with E-state index in [0.717, 1.165) is 49.8 Å². The smallest absolute Gasteiger partial charge is 0.165 e. The number of nitrogens with zero attached hydrogens (tertiary/aromatic N) is 3. The number of benzene rings is 5. The van der Waals surface area contributed by atoms with Gasteiger partial charge in [0.05, 0.1) is 0 Å². The first-order valence-electron chi connectivity index (χ1n) is 16.0. The van der Waals surface area contributed by atoms with Crippen LogP contribution in [-0.2, 0) is 0 Å². The molecule has 4 nitrogen and oxygen atoms in total. The highest BCUT2D eigenvalue weighted by Gasteiger charge is 2.22. The van der Waals surface area contributed by atoms with Crippen molar-refractivity contribution in [1.82, 2.24) is 15.0 Å². The lowest BCUT2D eigenvalue weighted by molar-refractivity contribution is 0.663. The molecule has 5 aromatic carbocycles. The maximum atomic E-state index is 6.35. The van der Waals surface area contributed by atoms with Crippen molar-refractivity contribution in [1.29, 1.82) is 0 Å². The van der Waals surface area contributed by atoms with Crippen LogP contribution >= 0.6 is 0 Å². The third-order valence-corrected chi connectivity index (χ3v) is 9.09. The molecule has 0 fully saturated rings. The molecule has 2 atom stereocenters. The largest absolute Gasteiger partial charge is 0.456 e. The van der Waals surface area contributed by atoms with Gasteiger partial charge in [0, 0.05) is 39.3 Å². The summed E-state index contributed by atoms with van der Waals surface area (Å²) in [6.07, 6.45) is 15.7. The Morgan fingerprint density at radius 1 is 0.468 bits per heavy atom. The average Bonchev–Trinajstić information content (AvgIpc) is 3.54. The zero-order valence-corrected chi connectivity index (χ0v) is 25.5. The van der Waals surface area contributed by atoms with Crippen LogP contribution in [0, 0.1) is 11.8 Å². The minimum Gasteiger partial charge on any atom is -0.456 e. The molecule has 2 heterocycles. The van der Waals surface area contributed by atoms with Crippen molar-refractivity contribution in [3.8, 4) is 45.3 Å². The fourth-order valence-electron chi connectivity index (χ4n) is 6.72. The molecule has 0 saturated heterocycles. The van der Waals surface area contributed by atoms with Crippen molar-refractivity contribution in [2.24, 2.45) is 11.8 Å². The predicted octanol–water partition coefficient (Wildman–Crippen LogP) is 10.8. The van der Waals surface area contributed by atoms with Crippen LogP contribution in [0.4, 0.5) is 0 Å². The molecule has 9 rings (SSSR count). The molecule has 2 aromatic heterocycles. The highest BCUT2D eigenvalue weighted by Crippen LogP contribution is 2.42. The Labute approximate surface area is 272 Å². The van der Waals surface area contributed by atoms with E-state index in [-0.39, 0.29) is 0 Å². The molecule has 0 spiro atoms. The van der Waals surface area contributed by atoms with Crippen LogP contribution < -0.4 is 0 Å². The molecule has 0 radical (unpaired) electrons. The number of hydrogen-bond acceptors (Lipinski definition) is 4. The summed E-state index contributed by atoms with van der Waals surface area (Å²) < 4.78 is 6.35. The van der Waals surface area contributed by atoms with Gasteiger partial charge >= 0.3 is 0 Å². The van der Waals surface area contributed by atoms with Gasteiger partial charge in [-0.3, -0.25) is 0 Å². The Morgan fingerprint density at radius 3 is 1.85 bits per heavy atom. The number of furan rings is 1. The molecule has 2 aliphatic rings. The summed E-state index contributed by atoms with van der Waals surface area (Å²) in [7, 11) is 0. The summed E-state index contributed by atoms with van der Waals surface area (Å²) in [5, 5.41) is 2.02. The van der Waals surface area contributed by atoms with Gasteiger partial charge in [-0.1, -0.05) is 146 Å². The van der Waals surface area contributed by atoms with Crippen LogP contribution in [0.15, 0.2) is 168 Å². The average molecular weight is 604 g/mol. The molecule has 0 N–H and O–H groups in total. The Kier molecular flexibility index (Phi) is 6.57. The first-order valence-corrected chi connectivity index (χ1v) is 16.0. The quantitative estimate of drug-likeness (QED) is 0.196. The fourth-order valence-corrected chi connectivity index (χ4v) is 6.72. The zero-order valence-electron chi connectivity index (χ0n) is 25.5. The normalized spacial score (nSPS) is 16.8. The number of para-hydroxylation sites is 1. The minimum absolute atomic E-state index is 0.389. The summed E-state index contributed by atoms with van der Waals surface area (Å²) in [5.41, 5.74) is 8.94. The van der Waals surface area contributed by atoms with Crippen LogP contribution in [-0.4, -0.2) is 15.0 Å². The summed E-state index contributed by atoms with van der Waals surface area (Å²) >= 11 is 0. The molecule has 0 bridgehead atoms. The Balaban J connectivity index is 1.24. The monoisotopic (exact) mass is 603 g/mol. The van der Waals surface area contributed by atoms with Crippen LogP contribution in [0.3, 0.4) is 0 Å². The van der Waals surface area contributed by atoms with Gasteiger partial charge in [0.25, 0.3) is 0 Å². The van der Waals surface area contributed by atoms with Crippen LogP contribution in [0.25, 0.3) is 72.8 Å². The first-order chi connectivity index (χ1) is 23.3. The second-order valence-corrected chi connectivity index (χ2v) is 12.0. The van der Waals surface area contributed by atoms with E-state index in [1.54, 1.807) is 0 Å². The van der Waals surface area contributed by atoms with Gasteiger partial charge in [-0.2, -0.15) is 0 Å². The second kappa shape index (κ2) is 11.3. The van der Waals surface area contributed by atoms with E-state index in [1.807, 2.05) is 54.6 Å². The van der Waals surface area contributed by atoms with Crippen molar-refractivity contribution in [3.05, 3.63) is 169 Å². The lowest BCUT2D eigenvalue weighted by Crippen LogP contribution is -2.11. The molecule has 0 aliphatic heterocycles. The molecule has 0 saturated carbocycles. The first kappa shape index (κ1) is 27.2. The molecule has 4 heteroatoms. The van der Waals surface area contributed by atoms with Gasteiger partial charge < -0.3 is 4.42 Å². The number of allylic oxidation sites excluding steroid dienone is 8. The van der Waals surface area contributed by atoms with E-state index in [0.29, 0.717) is 29.3 Å². The maximum Gasteiger partial charge on any atom is 0.165 e. The Bertz CT molecular complexity index is 2400. The molecular formula is C43H29N3O. The molecular weight excluding hydrogens is 574 g/mol. The molecule has 2 unspecified atom stereocenters. The Morgan fingerprint density at radius 2 is 1.09 bits per heavy atom. The SMILES string of the molecule is C1=CC2C=CC(c3ccc(-c4nc(-c5ccccc5)nc(-c5c(-c6ccccc6)ccc6oc7ccccc7c56)n4)cc3)=CC2C=C1. The lowest BCUT2D eigenvalue weighted by atomic mass is 9.81. The molecule has 0 amide bonds. The lowest BCUT2D eigenvalue weighted by Gasteiger charge is -2.23. The van der Waals surface area contributed by atoms with Gasteiger partial charge in [-0.05, 0) is 40.5 Å². The van der Waals surface area contributed by atoms with Crippen molar-refractivity contribution in [3.63, 3.8) is 0 Å². The molecule has 7 aromatic rings. The van der Waals surface area contributed by atoms with Crippen molar-refractivity contribution in [2.75, 3.05) is 0 Å². The second-order valence-electron chi connectivity index (χ2n) is 12.0. The molecule has 222 valence electrons. The summed E-state index contributed by atoms with van der Waals surface area (Å²) in [6.45, 7) is 0. The van der Waals surface area contributed by atoms with E-state index in [1.165, 1.54) is 11.1 Å². The highest BCUT2D eigenvalue weighted by molar-refractivity contribution is 6.15. The van der Waals surface area contributed by atoms with E-state index < -0.39 is 0 Å². The maximum absolute atomic E-state index is 6.35. The van der Waals surface area contributed by atoms with E-state index in [2.05, 4.69) is 109 Å². The van der Waals surface area contributed by atoms with Gasteiger partial charge in [0.15, 0.2) is 17.5 Å². The van der Waals surface area contributed by atoms with Crippen molar-refractivity contribution < 1.29 is 4.42 Å². The number of aromatic nitrogens is 3. The van der Waals surface area contributed by atoms with Gasteiger partial charge in [-0.25, -0.2) is 15.0 Å².